The molecule has 0 aliphatic carbocycles. The normalized spacial score (nSPS) is 11.4. The highest BCUT2D eigenvalue weighted by atomic mass is 16.5. The molecule has 6 aromatic rings. The summed E-state index contributed by atoms with van der Waals surface area (Å²) in [7, 11) is 5.38. The Kier molecular flexibility index (Phi) is 6.39. The summed E-state index contributed by atoms with van der Waals surface area (Å²) in [5.41, 5.74) is 7.79. The van der Waals surface area contributed by atoms with Gasteiger partial charge in [0.15, 0.2) is 11.5 Å². The Morgan fingerprint density at radius 1 is 0.590 bits per heavy atom. The topological polar surface area (TPSA) is 62.8 Å². The van der Waals surface area contributed by atoms with Gasteiger partial charge >= 0.3 is 0 Å². The van der Waals surface area contributed by atoms with Gasteiger partial charge in [0.05, 0.1) is 32.8 Å². The van der Waals surface area contributed by atoms with E-state index in [9.17, 15) is 10.2 Å². The summed E-state index contributed by atoms with van der Waals surface area (Å²) in [5, 5.41) is 23.8. The van der Waals surface area contributed by atoms with Crippen LogP contribution in [0.1, 0.15) is 11.1 Å². The van der Waals surface area contributed by atoms with Gasteiger partial charge in [-0.2, -0.15) is 4.57 Å². The third kappa shape index (κ3) is 4.07. The van der Waals surface area contributed by atoms with Gasteiger partial charge in [-0.1, -0.05) is 54.6 Å². The van der Waals surface area contributed by atoms with Crippen molar-refractivity contribution in [2.24, 2.45) is 7.05 Å². The first kappa shape index (κ1) is 24.9. The highest BCUT2D eigenvalue weighted by Crippen LogP contribution is 2.46. The van der Waals surface area contributed by atoms with Crippen LogP contribution in [0.4, 0.5) is 0 Å². The average Bonchev–Trinajstić information content (AvgIpc) is 2.99. The van der Waals surface area contributed by atoms with Crippen molar-refractivity contribution in [1.82, 2.24) is 0 Å². The summed E-state index contributed by atoms with van der Waals surface area (Å²) in [4.78, 5) is 0. The number of ether oxygens (including phenoxy) is 2. The van der Waals surface area contributed by atoms with E-state index in [1.54, 1.807) is 14.2 Å². The van der Waals surface area contributed by atoms with E-state index in [0.29, 0.717) is 11.5 Å². The number of fused-ring (bicyclic) bond motifs is 4. The first-order valence-corrected chi connectivity index (χ1v) is 12.9. The highest BCUT2D eigenvalue weighted by Gasteiger charge is 2.22. The number of aryl methyl sites for hydroxylation is 1. The Morgan fingerprint density at radius 3 is 1.90 bits per heavy atom. The summed E-state index contributed by atoms with van der Waals surface area (Å²) in [5.74, 6) is 1.38. The number of pyridine rings is 1. The van der Waals surface area contributed by atoms with Gasteiger partial charge in [-0.05, 0) is 52.1 Å². The number of aliphatic hydroxyl groups excluding tert-OH is 2. The standard InChI is InChI=1S/C34H30NO4/c1-35-31-14-13-27-29(30(31)16-24-15-25(19-36)26(20-37)17-32(24)35)18-28(34(39-3)33(27)38-2)23-11-9-22(10-12-23)21-7-5-4-6-8-21/h4-18,36-37H,19-20H2,1-3H3/q+1. The Balaban J connectivity index is 1.63. The molecule has 0 aliphatic heterocycles. The molecule has 0 unspecified atom stereocenters. The average molecular weight is 517 g/mol. The number of rotatable bonds is 6. The monoisotopic (exact) mass is 516 g/mol. The van der Waals surface area contributed by atoms with Crippen molar-refractivity contribution in [3.8, 4) is 33.8 Å². The molecule has 5 heteroatoms. The molecule has 0 spiro atoms. The number of benzene rings is 5. The largest absolute Gasteiger partial charge is 0.492 e. The molecule has 0 saturated carbocycles. The van der Waals surface area contributed by atoms with Crippen molar-refractivity contribution in [2.45, 2.75) is 13.2 Å². The van der Waals surface area contributed by atoms with Gasteiger partial charge in [0.2, 0.25) is 11.0 Å². The minimum Gasteiger partial charge on any atom is -0.492 e. The van der Waals surface area contributed by atoms with Crippen molar-refractivity contribution in [2.75, 3.05) is 14.2 Å². The molecule has 0 atom stereocenters. The molecule has 0 bridgehead atoms. The number of aromatic nitrogens is 1. The number of hydrogen-bond acceptors (Lipinski definition) is 4. The first-order chi connectivity index (χ1) is 19.1. The first-order valence-electron chi connectivity index (χ1n) is 12.9. The Morgan fingerprint density at radius 2 is 1.23 bits per heavy atom. The number of hydrogen-bond donors (Lipinski definition) is 2. The zero-order valence-electron chi connectivity index (χ0n) is 22.2. The van der Waals surface area contributed by atoms with Crippen LogP contribution in [0.2, 0.25) is 0 Å². The maximum absolute atomic E-state index is 9.90. The van der Waals surface area contributed by atoms with Crippen molar-refractivity contribution < 1.29 is 24.3 Å². The third-order valence-corrected chi connectivity index (χ3v) is 7.67. The number of aliphatic hydroxyl groups is 2. The van der Waals surface area contributed by atoms with Crippen LogP contribution in [0.25, 0.3) is 54.8 Å². The Labute approximate surface area is 227 Å². The lowest BCUT2D eigenvalue weighted by Gasteiger charge is -2.17. The summed E-state index contributed by atoms with van der Waals surface area (Å²) >= 11 is 0. The van der Waals surface area contributed by atoms with Crippen molar-refractivity contribution in [3.05, 3.63) is 102 Å². The van der Waals surface area contributed by atoms with Crippen molar-refractivity contribution >= 4 is 32.6 Å². The molecule has 0 aliphatic rings. The summed E-state index contributed by atoms with van der Waals surface area (Å²) in [6.45, 7) is -0.248. The predicted octanol–water partition coefficient (Wildman–Crippen LogP) is 6.31. The highest BCUT2D eigenvalue weighted by molar-refractivity contribution is 6.12. The minimum atomic E-state index is -0.128. The lowest BCUT2D eigenvalue weighted by atomic mass is 9.94. The summed E-state index contributed by atoms with van der Waals surface area (Å²) < 4.78 is 14.0. The van der Waals surface area contributed by atoms with Crippen LogP contribution in [-0.4, -0.2) is 24.4 Å². The Hall–Kier alpha value is -4.45. The van der Waals surface area contributed by atoms with Crippen LogP contribution in [0.5, 0.6) is 11.5 Å². The molecule has 0 amide bonds. The molecule has 0 saturated heterocycles. The molecular weight excluding hydrogens is 486 g/mol. The van der Waals surface area contributed by atoms with Gasteiger partial charge in [0, 0.05) is 33.9 Å². The summed E-state index contributed by atoms with van der Waals surface area (Å²) in [6, 6.07) is 31.2. The Bertz CT molecular complexity index is 1840. The fraction of sp³-hybridized carbons (Fsp3) is 0.147. The second-order valence-corrected chi connectivity index (χ2v) is 9.73. The van der Waals surface area contributed by atoms with E-state index < -0.39 is 0 Å². The predicted molar refractivity (Wildman–Crippen MR) is 156 cm³/mol. The van der Waals surface area contributed by atoms with E-state index in [1.165, 1.54) is 5.56 Å². The van der Waals surface area contributed by atoms with Gasteiger partial charge in [-0.25, -0.2) is 0 Å². The van der Waals surface area contributed by atoms with Crippen LogP contribution in [-0.2, 0) is 20.3 Å². The van der Waals surface area contributed by atoms with Crippen LogP contribution in [0, 0.1) is 0 Å². The van der Waals surface area contributed by atoms with E-state index >= 15 is 0 Å². The van der Waals surface area contributed by atoms with E-state index in [-0.39, 0.29) is 13.2 Å². The second-order valence-electron chi connectivity index (χ2n) is 9.73. The van der Waals surface area contributed by atoms with Gasteiger partial charge in [-0.15, -0.1) is 0 Å². The van der Waals surface area contributed by atoms with Gasteiger partial charge in [0.25, 0.3) is 0 Å². The molecule has 5 aromatic carbocycles. The van der Waals surface area contributed by atoms with Crippen LogP contribution < -0.4 is 14.0 Å². The van der Waals surface area contributed by atoms with Gasteiger partial charge < -0.3 is 19.7 Å². The van der Waals surface area contributed by atoms with Crippen molar-refractivity contribution in [3.63, 3.8) is 0 Å². The molecular formula is C34H30NO4+. The van der Waals surface area contributed by atoms with E-state index in [4.69, 9.17) is 9.47 Å². The molecule has 1 heterocycles. The molecule has 194 valence electrons. The lowest BCUT2D eigenvalue weighted by Crippen LogP contribution is -2.30. The minimum absolute atomic E-state index is 0.120. The second kappa shape index (κ2) is 10.0. The van der Waals surface area contributed by atoms with Crippen molar-refractivity contribution in [1.29, 1.82) is 0 Å². The maximum atomic E-state index is 9.90. The van der Waals surface area contributed by atoms with E-state index in [2.05, 4.69) is 65.2 Å². The van der Waals surface area contributed by atoms with Gasteiger partial charge in [-0.3, -0.25) is 0 Å². The van der Waals surface area contributed by atoms with Crippen LogP contribution in [0.15, 0.2) is 91.0 Å². The fourth-order valence-corrected chi connectivity index (χ4v) is 5.65. The van der Waals surface area contributed by atoms with Crippen LogP contribution in [0.3, 0.4) is 0 Å². The third-order valence-electron chi connectivity index (χ3n) is 7.67. The molecule has 6 rings (SSSR count). The molecule has 5 nitrogen and oxygen atoms in total. The summed E-state index contributed by atoms with van der Waals surface area (Å²) in [6.07, 6.45) is 0. The van der Waals surface area contributed by atoms with Gasteiger partial charge in [0.1, 0.15) is 7.05 Å². The number of methoxy groups -OCH3 is 2. The lowest BCUT2D eigenvalue weighted by molar-refractivity contribution is -0.617. The number of nitrogens with zero attached hydrogens (tertiary/aromatic N) is 1. The fourth-order valence-electron chi connectivity index (χ4n) is 5.65. The molecule has 1 aromatic heterocycles. The van der Waals surface area contributed by atoms with E-state index in [0.717, 1.165) is 60.4 Å². The molecule has 39 heavy (non-hydrogen) atoms. The molecule has 0 radical (unpaired) electrons. The van der Waals surface area contributed by atoms with E-state index in [1.807, 2.05) is 37.4 Å². The quantitative estimate of drug-likeness (QED) is 0.155. The maximum Gasteiger partial charge on any atom is 0.213 e. The molecule has 2 N–H and O–H groups in total. The SMILES string of the molecule is COc1c(-c2ccc(-c3ccccc3)cc2)cc2c(ccc3c2cc2cc(CO)c(CO)cc2[n+]3C)c1OC. The smallest absolute Gasteiger partial charge is 0.213 e. The van der Waals surface area contributed by atoms with Crippen LogP contribution >= 0.6 is 0 Å². The molecule has 0 fully saturated rings. The zero-order valence-corrected chi connectivity index (χ0v) is 22.2. The zero-order chi connectivity index (χ0) is 27.1.